The summed E-state index contributed by atoms with van der Waals surface area (Å²) in [7, 11) is 0. The Kier molecular flexibility index (Phi) is 2.90. The summed E-state index contributed by atoms with van der Waals surface area (Å²) in [5, 5.41) is 17.8. The molecular weight excluding hydrogens is 266 g/mol. The molecule has 1 atom stereocenters. The normalized spacial score (nSPS) is 26.1. The van der Waals surface area contributed by atoms with E-state index in [4.69, 9.17) is 15.9 Å². The van der Waals surface area contributed by atoms with Crippen LogP contribution >= 0.6 is 15.9 Å². The SMILES string of the molecule is CC1=C(N)C(Br)(C(=O)O)CC(C(=O)O)=C1. The van der Waals surface area contributed by atoms with Crippen molar-refractivity contribution in [3.63, 3.8) is 0 Å². The number of carbonyl (C=O) groups is 2. The molecule has 82 valence electrons. The highest BCUT2D eigenvalue weighted by Crippen LogP contribution is 2.37. The zero-order valence-electron chi connectivity index (χ0n) is 7.95. The number of carboxylic acid groups (broad SMARTS) is 2. The second-order valence-electron chi connectivity index (χ2n) is 3.35. The summed E-state index contributed by atoms with van der Waals surface area (Å²) in [6.07, 6.45) is 1.22. The monoisotopic (exact) mass is 275 g/mol. The van der Waals surface area contributed by atoms with Crippen LogP contribution in [0.2, 0.25) is 0 Å². The van der Waals surface area contributed by atoms with Gasteiger partial charge in [0.2, 0.25) is 0 Å². The molecule has 4 N–H and O–H groups in total. The molecule has 0 fully saturated rings. The second-order valence-corrected chi connectivity index (χ2v) is 4.71. The first-order chi connectivity index (χ1) is 6.79. The van der Waals surface area contributed by atoms with E-state index in [2.05, 4.69) is 15.9 Å². The molecule has 0 aromatic rings. The lowest BCUT2D eigenvalue weighted by molar-refractivity contribution is -0.138. The number of hydrogen-bond acceptors (Lipinski definition) is 3. The van der Waals surface area contributed by atoms with E-state index in [-0.39, 0.29) is 17.7 Å². The standard InChI is InChI=1S/C9H10BrNO4/c1-4-2-5(7(12)13)3-9(10,6(4)11)8(14)15/h2H,3,11H2,1H3,(H,12,13)(H,14,15). The van der Waals surface area contributed by atoms with Crippen LogP contribution in [-0.2, 0) is 9.59 Å². The highest BCUT2D eigenvalue weighted by Gasteiger charge is 2.43. The van der Waals surface area contributed by atoms with Crippen LogP contribution in [0, 0.1) is 0 Å². The first-order valence-corrected chi connectivity index (χ1v) is 4.91. The van der Waals surface area contributed by atoms with Crippen LogP contribution in [0.25, 0.3) is 0 Å². The third-order valence-corrected chi connectivity index (χ3v) is 3.34. The topological polar surface area (TPSA) is 101 Å². The van der Waals surface area contributed by atoms with Crippen molar-refractivity contribution in [3.8, 4) is 0 Å². The van der Waals surface area contributed by atoms with E-state index in [1.807, 2.05) is 0 Å². The minimum absolute atomic E-state index is 0.0287. The average molecular weight is 276 g/mol. The van der Waals surface area contributed by atoms with Crippen molar-refractivity contribution in [2.45, 2.75) is 17.7 Å². The molecule has 0 aromatic heterocycles. The Hall–Kier alpha value is -1.30. The Labute approximate surface area is 94.4 Å². The Bertz CT molecular complexity index is 399. The molecule has 0 heterocycles. The average Bonchev–Trinajstić information content (AvgIpc) is 2.12. The van der Waals surface area contributed by atoms with Crippen LogP contribution in [-0.4, -0.2) is 26.5 Å². The van der Waals surface area contributed by atoms with E-state index < -0.39 is 16.3 Å². The predicted molar refractivity (Wildman–Crippen MR) is 56.5 cm³/mol. The minimum atomic E-state index is -1.50. The fourth-order valence-electron chi connectivity index (χ4n) is 1.39. The molecule has 0 aromatic carbocycles. The van der Waals surface area contributed by atoms with Gasteiger partial charge in [-0.3, -0.25) is 4.79 Å². The number of alkyl halides is 1. The molecule has 0 amide bonds. The lowest BCUT2D eigenvalue weighted by atomic mass is 9.87. The highest BCUT2D eigenvalue weighted by molar-refractivity contribution is 9.10. The molecule has 1 rings (SSSR count). The summed E-state index contributed by atoms with van der Waals surface area (Å²) in [6, 6.07) is 0. The van der Waals surface area contributed by atoms with Gasteiger partial charge in [-0.25, -0.2) is 4.79 Å². The summed E-state index contributed by atoms with van der Waals surface area (Å²) in [5.41, 5.74) is 6.26. The third kappa shape index (κ3) is 1.90. The highest BCUT2D eigenvalue weighted by atomic mass is 79.9. The molecule has 6 heteroatoms. The fraction of sp³-hybridized carbons (Fsp3) is 0.333. The Morgan fingerprint density at radius 1 is 1.53 bits per heavy atom. The van der Waals surface area contributed by atoms with Gasteiger partial charge in [0, 0.05) is 17.7 Å². The second kappa shape index (κ2) is 3.69. The third-order valence-electron chi connectivity index (χ3n) is 2.29. The van der Waals surface area contributed by atoms with Gasteiger partial charge >= 0.3 is 11.9 Å². The van der Waals surface area contributed by atoms with Crippen molar-refractivity contribution in [1.82, 2.24) is 0 Å². The largest absolute Gasteiger partial charge is 0.480 e. The molecule has 0 spiro atoms. The molecule has 15 heavy (non-hydrogen) atoms. The van der Waals surface area contributed by atoms with E-state index in [0.717, 1.165) is 0 Å². The molecule has 0 aliphatic heterocycles. The maximum Gasteiger partial charge on any atom is 0.331 e. The van der Waals surface area contributed by atoms with Gasteiger partial charge in [0.15, 0.2) is 4.32 Å². The molecule has 1 aliphatic carbocycles. The molecular formula is C9H10BrNO4. The molecule has 0 radical (unpaired) electrons. The van der Waals surface area contributed by atoms with E-state index >= 15 is 0 Å². The van der Waals surface area contributed by atoms with Gasteiger partial charge < -0.3 is 15.9 Å². The van der Waals surface area contributed by atoms with Gasteiger partial charge in [-0.15, -0.1) is 0 Å². The number of allylic oxidation sites excluding steroid dienone is 2. The Morgan fingerprint density at radius 2 is 2.07 bits per heavy atom. The van der Waals surface area contributed by atoms with Gasteiger partial charge in [-0.1, -0.05) is 15.9 Å². The zero-order chi connectivity index (χ0) is 11.8. The van der Waals surface area contributed by atoms with Crippen LogP contribution in [0.5, 0.6) is 0 Å². The lowest BCUT2D eigenvalue weighted by Crippen LogP contribution is -2.41. The lowest BCUT2D eigenvalue weighted by Gasteiger charge is -2.28. The summed E-state index contributed by atoms with van der Waals surface area (Å²) >= 11 is 2.99. The van der Waals surface area contributed by atoms with Crippen molar-refractivity contribution in [3.05, 3.63) is 22.9 Å². The molecule has 1 unspecified atom stereocenters. The molecule has 0 saturated heterocycles. The van der Waals surface area contributed by atoms with Crippen LogP contribution < -0.4 is 5.73 Å². The van der Waals surface area contributed by atoms with E-state index in [1.54, 1.807) is 6.92 Å². The predicted octanol–water partition coefficient (Wildman–Crippen LogP) is 0.852. The summed E-state index contributed by atoms with van der Waals surface area (Å²) in [4.78, 5) is 21.8. The number of halogens is 1. The van der Waals surface area contributed by atoms with Gasteiger partial charge in [0.05, 0.1) is 0 Å². The summed E-state index contributed by atoms with van der Waals surface area (Å²) in [5.74, 6) is -2.32. The number of aliphatic carboxylic acids is 2. The van der Waals surface area contributed by atoms with Gasteiger partial charge in [0.25, 0.3) is 0 Å². The first-order valence-electron chi connectivity index (χ1n) is 4.12. The van der Waals surface area contributed by atoms with Gasteiger partial charge in [-0.05, 0) is 18.6 Å². The molecule has 0 bridgehead atoms. The Morgan fingerprint density at radius 3 is 2.47 bits per heavy atom. The molecule has 5 nitrogen and oxygen atoms in total. The van der Waals surface area contributed by atoms with Crippen molar-refractivity contribution in [2.24, 2.45) is 5.73 Å². The van der Waals surface area contributed by atoms with Crippen molar-refractivity contribution in [1.29, 1.82) is 0 Å². The van der Waals surface area contributed by atoms with E-state index in [1.165, 1.54) is 6.08 Å². The number of rotatable bonds is 2. The zero-order valence-corrected chi connectivity index (χ0v) is 9.54. The van der Waals surface area contributed by atoms with Crippen LogP contribution in [0.4, 0.5) is 0 Å². The molecule has 0 saturated carbocycles. The van der Waals surface area contributed by atoms with Crippen LogP contribution in [0.3, 0.4) is 0 Å². The van der Waals surface area contributed by atoms with Crippen LogP contribution in [0.15, 0.2) is 22.9 Å². The van der Waals surface area contributed by atoms with Crippen molar-refractivity contribution >= 4 is 27.9 Å². The maximum absolute atomic E-state index is 11.0. The summed E-state index contributed by atoms with van der Waals surface area (Å²) < 4.78 is -1.50. The van der Waals surface area contributed by atoms with Crippen molar-refractivity contribution in [2.75, 3.05) is 0 Å². The van der Waals surface area contributed by atoms with Crippen molar-refractivity contribution < 1.29 is 19.8 Å². The van der Waals surface area contributed by atoms with Crippen LogP contribution in [0.1, 0.15) is 13.3 Å². The first kappa shape index (κ1) is 11.8. The fourth-order valence-corrected chi connectivity index (χ4v) is 2.00. The van der Waals surface area contributed by atoms with E-state index in [9.17, 15) is 9.59 Å². The van der Waals surface area contributed by atoms with E-state index in [0.29, 0.717) is 5.57 Å². The Balaban J connectivity index is 3.26. The molecule has 1 aliphatic rings. The number of hydrogen-bond donors (Lipinski definition) is 3. The number of nitrogens with two attached hydrogens (primary N) is 1. The summed E-state index contributed by atoms with van der Waals surface area (Å²) in [6.45, 7) is 1.58. The van der Waals surface area contributed by atoms with Gasteiger partial charge in [0.1, 0.15) is 0 Å². The smallest absolute Gasteiger partial charge is 0.331 e. The number of carboxylic acids is 2. The quantitative estimate of drug-likeness (QED) is 0.649. The van der Waals surface area contributed by atoms with Gasteiger partial charge in [-0.2, -0.15) is 0 Å². The minimum Gasteiger partial charge on any atom is -0.480 e. The maximum atomic E-state index is 11.0.